The first-order valence-corrected chi connectivity index (χ1v) is 12.0. The van der Waals surface area contributed by atoms with Gasteiger partial charge in [-0.2, -0.15) is 0 Å². The van der Waals surface area contributed by atoms with Crippen LogP contribution in [0.15, 0.2) is 48.5 Å². The molecule has 6 heteroatoms. The van der Waals surface area contributed by atoms with Crippen LogP contribution in [0.25, 0.3) is 0 Å². The molecule has 2 aromatic rings. The van der Waals surface area contributed by atoms with Gasteiger partial charge in [0.05, 0.1) is 13.2 Å². The van der Waals surface area contributed by atoms with E-state index >= 15 is 0 Å². The van der Waals surface area contributed by atoms with Gasteiger partial charge in [-0.25, -0.2) is 0 Å². The molecule has 0 spiro atoms. The first-order chi connectivity index (χ1) is 15.5. The third kappa shape index (κ3) is 10.1. The lowest BCUT2D eigenvalue weighted by atomic mass is 10.1. The van der Waals surface area contributed by atoms with E-state index in [9.17, 15) is 4.79 Å². The Hall–Kier alpha value is -2.60. The van der Waals surface area contributed by atoms with E-state index in [1.54, 1.807) is 12.1 Å². The summed E-state index contributed by atoms with van der Waals surface area (Å²) in [4.78, 5) is 12.5. The SMILES string of the molecule is CCCCCCCOc1ccc(C(=O)NC(=S)Nc2cccc(OCCC(C)C)c2)cc1. The highest BCUT2D eigenvalue weighted by atomic mass is 32.1. The van der Waals surface area contributed by atoms with Crippen LogP contribution in [-0.4, -0.2) is 24.2 Å². The Labute approximate surface area is 197 Å². The van der Waals surface area contributed by atoms with Gasteiger partial charge in [-0.1, -0.05) is 52.5 Å². The number of amides is 1. The molecule has 0 radical (unpaired) electrons. The molecule has 174 valence electrons. The van der Waals surface area contributed by atoms with Crippen molar-refractivity contribution in [2.24, 2.45) is 5.92 Å². The van der Waals surface area contributed by atoms with Gasteiger partial charge in [0.2, 0.25) is 0 Å². The highest BCUT2D eigenvalue weighted by molar-refractivity contribution is 7.80. The number of anilines is 1. The summed E-state index contributed by atoms with van der Waals surface area (Å²) in [5, 5.41) is 5.99. The van der Waals surface area contributed by atoms with Crippen LogP contribution in [0.3, 0.4) is 0 Å². The molecule has 5 nitrogen and oxygen atoms in total. The predicted octanol–water partition coefficient (Wildman–Crippen LogP) is 6.59. The summed E-state index contributed by atoms with van der Waals surface area (Å²) in [6.45, 7) is 7.90. The second kappa shape index (κ2) is 14.5. The summed E-state index contributed by atoms with van der Waals surface area (Å²) in [5.41, 5.74) is 1.29. The lowest BCUT2D eigenvalue weighted by Crippen LogP contribution is -2.34. The number of carbonyl (C=O) groups is 1. The van der Waals surface area contributed by atoms with Gasteiger partial charge in [0, 0.05) is 17.3 Å². The number of unbranched alkanes of at least 4 members (excludes halogenated alkanes) is 4. The summed E-state index contributed by atoms with van der Waals surface area (Å²) in [6.07, 6.45) is 7.00. The standard InChI is InChI=1S/C26H36N2O3S/c1-4-5-6-7-8-17-30-23-14-12-21(13-15-23)25(29)28-26(32)27-22-10-9-11-24(19-22)31-18-16-20(2)3/h9-15,19-20H,4-8,16-18H2,1-3H3,(H2,27,28,29,32). The van der Waals surface area contributed by atoms with Gasteiger partial charge in [-0.3, -0.25) is 10.1 Å². The zero-order valence-electron chi connectivity index (χ0n) is 19.5. The molecule has 0 saturated heterocycles. The monoisotopic (exact) mass is 456 g/mol. The number of hydrogen-bond acceptors (Lipinski definition) is 4. The Balaban J connectivity index is 1.77. The van der Waals surface area contributed by atoms with Crippen molar-refractivity contribution >= 4 is 28.9 Å². The van der Waals surface area contributed by atoms with Gasteiger partial charge in [-0.05, 0) is 67.4 Å². The minimum absolute atomic E-state index is 0.238. The van der Waals surface area contributed by atoms with Crippen molar-refractivity contribution in [1.29, 1.82) is 0 Å². The van der Waals surface area contributed by atoms with Crippen molar-refractivity contribution in [2.45, 2.75) is 59.3 Å². The van der Waals surface area contributed by atoms with Crippen LogP contribution < -0.4 is 20.1 Å². The fourth-order valence-electron chi connectivity index (χ4n) is 3.01. The maximum atomic E-state index is 12.5. The molecule has 0 fully saturated rings. The van der Waals surface area contributed by atoms with Crippen LogP contribution in [0.2, 0.25) is 0 Å². The average Bonchev–Trinajstić information content (AvgIpc) is 2.76. The minimum Gasteiger partial charge on any atom is -0.494 e. The Morgan fingerprint density at radius 2 is 1.66 bits per heavy atom. The van der Waals surface area contributed by atoms with E-state index in [4.69, 9.17) is 21.7 Å². The average molecular weight is 457 g/mol. The molecule has 0 unspecified atom stereocenters. The number of benzene rings is 2. The van der Waals surface area contributed by atoms with Crippen molar-refractivity contribution in [3.8, 4) is 11.5 Å². The number of carbonyl (C=O) groups excluding carboxylic acids is 1. The van der Waals surface area contributed by atoms with E-state index in [0.717, 1.165) is 30.0 Å². The Bertz CT molecular complexity index is 837. The maximum absolute atomic E-state index is 12.5. The van der Waals surface area contributed by atoms with E-state index in [0.29, 0.717) is 24.7 Å². The fraction of sp³-hybridized carbons (Fsp3) is 0.462. The molecular weight excluding hydrogens is 420 g/mol. The summed E-state index contributed by atoms with van der Waals surface area (Å²) in [6, 6.07) is 14.7. The Morgan fingerprint density at radius 1 is 0.938 bits per heavy atom. The van der Waals surface area contributed by atoms with Gasteiger partial charge in [0.25, 0.3) is 5.91 Å². The molecule has 0 saturated carbocycles. The summed E-state index contributed by atoms with van der Waals surface area (Å²) >= 11 is 5.30. The van der Waals surface area contributed by atoms with Crippen LogP contribution in [0.4, 0.5) is 5.69 Å². The molecule has 0 aliphatic carbocycles. The van der Waals surface area contributed by atoms with E-state index in [1.807, 2.05) is 36.4 Å². The maximum Gasteiger partial charge on any atom is 0.257 e. The molecule has 2 aromatic carbocycles. The van der Waals surface area contributed by atoms with Crippen LogP contribution in [-0.2, 0) is 0 Å². The van der Waals surface area contributed by atoms with Crippen molar-refractivity contribution in [2.75, 3.05) is 18.5 Å². The van der Waals surface area contributed by atoms with Crippen molar-refractivity contribution < 1.29 is 14.3 Å². The van der Waals surface area contributed by atoms with Crippen LogP contribution in [0.5, 0.6) is 11.5 Å². The molecule has 0 aliphatic heterocycles. The molecule has 2 rings (SSSR count). The quantitative estimate of drug-likeness (QED) is 0.263. The first kappa shape index (κ1) is 25.7. The van der Waals surface area contributed by atoms with Crippen LogP contribution in [0.1, 0.15) is 69.7 Å². The third-order valence-electron chi connectivity index (χ3n) is 4.92. The summed E-state index contributed by atoms with van der Waals surface area (Å²) < 4.78 is 11.5. The van der Waals surface area contributed by atoms with Crippen molar-refractivity contribution in [3.63, 3.8) is 0 Å². The van der Waals surface area contributed by atoms with Crippen LogP contribution >= 0.6 is 12.2 Å². The second-order valence-corrected chi connectivity index (χ2v) is 8.66. The minimum atomic E-state index is -0.266. The molecule has 0 bridgehead atoms. The fourth-order valence-corrected chi connectivity index (χ4v) is 3.22. The zero-order valence-corrected chi connectivity index (χ0v) is 20.3. The van der Waals surface area contributed by atoms with Crippen molar-refractivity contribution in [3.05, 3.63) is 54.1 Å². The lowest BCUT2D eigenvalue weighted by molar-refractivity contribution is 0.0977. The number of hydrogen-bond donors (Lipinski definition) is 2. The molecule has 0 aliphatic rings. The number of thiocarbonyl (C=S) groups is 1. The molecule has 0 aromatic heterocycles. The molecule has 32 heavy (non-hydrogen) atoms. The summed E-state index contributed by atoms with van der Waals surface area (Å²) in [5.74, 6) is 1.87. The smallest absolute Gasteiger partial charge is 0.257 e. The molecular formula is C26H36N2O3S. The Kier molecular flexibility index (Phi) is 11.6. The van der Waals surface area contributed by atoms with E-state index in [-0.39, 0.29) is 11.0 Å². The van der Waals surface area contributed by atoms with Crippen LogP contribution in [0, 0.1) is 5.92 Å². The first-order valence-electron chi connectivity index (χ1n) is 11.6. The second-order valence-electron chi connectivity index (χ2n) is 8.25. The molecule has 0 heterocycles. The number of nitrogens with one attached hydrogen (secondary N) is 2. The van der Waals surface area contributed by atoms with E-state index < -0.39 is 0 Å². The van der Waals surface area contributed by atoms with Crippen molar-refractivity contribution in [1.82, 2.24) is 5.32 Å². The highest BCUT2D eigenvalue weighted by Crippen LogP contribution is 2.18. The van der Waals surface area contributed by atoms with E-state index in [1.165, 1.54) is 25.7 Å². The largest absolute Gasteiger partial charge is 0.494 e. The molecule has 2 N–H and O–H groups in total. The van der Waals surface area contributed by atoms with Gasteiger partial charge >= 0.3 is 0 Å². The normalized spacial score (nSPS) is 10.6. The predicted molar refractivity (Wildman–Crippen MR) is 136 cm³/mol. The van der Waals surface area contributed by atoms with E-state index in [2.05, 4.69) is 31.4 Å². The highest BCUT2D eigenvalue weighted by Gasteiger charge is 2.09. The molecule has 0 atom stereocenters. The van der Waals surface area contributed by atoms with Gasteiger partial charge in [-0.15, -0.1) is 0 Å². The molecule has 1 amide bonds. The van der Waals surface area contributed by atoms with Gasteiger partial charge in [0.15, 0.2) is 5.11 Å². The summed E-state index contributed by atoms with van der Waals surface area (Å²) in [7, 11) is 0. The number of ether oxygens (including phenoxy) is 2. The lowest BCUT2D eigenvalue weighted by Gasteiger charge is -2.12. The number of rotatable bonds is 13. The Morgan fingerprint density at radius 3 is 2.38 bits per heavy atom. The zero-order chi connectivity index (χ0) is 23.2. The van der Waals surface area contributed by atoms with Gasteiger partial charge in [0.1, 0.15) is 11.5 Å². The topological polar surface area (TPSA) is 59.6 Å². The van der Waals surface area contributed by atoms with Gasteiger partial charge < -0.3 is 14.8 Å². The third-order valence-corrected chi connectivity index (χ3v) is 5.12.